The maximum absolute atomic E-state index is 11.8. The summed E-state index contributed by atoms with van der Waals surface area (Å²) in [5.41, 5.74) is -0.495. The number of hydrogen-bond acceptors (Lipinski definition) is 8. The first-order valence-electron chi connectivity index (χ1n) is 12.3. The van der Waals surface area contributed by atoms with Crippen LogP contribution >= 0.6 is 0 Å². The predicted octanol–water partition coefficient (Wildman–Crippen LogP) is 3.53. The highest BCUT2D eigenvalue weighted by molar-refractivity contribution is 5.67. The molecule has 0 rings (SSSR count). The molecule has 0 aromatic carbocycles. The van der Waals surface area contributed by atoms with Crippen molar-refractivity contribution >= 4 is 6.09 Å². The van der Waals surface area contributed by atoms with Gasteiger partial charge in [-0.15, -0.1) is 0 Å². The molecule has 0 heterocycles. The molecular formula is C24H49NO8. The van der Waals surface area contributed by atoms with Crippen molar-refractivity contribution in [1.29, 1.82) is 0 Å². The number of likely N-dealkylation sites (N-methyl/N-ethyl adjacent to an activating group) is 1. The van der Waals surface area contributed by atoms with E-state index in [-0.39, 0.29) is 6.09 Å². The Morgan fingerprint density at radius 2 is 1.00 bits per heavy atom. The molecule has 0 aliphatic carbocycles. The van der Waals surface area contributed by atoms with Gasteiger partial charge in [-0.3, -0.25) is 0 Å². The summed E-state index contributed by atoms with van der Waals surface area (Å²) < 4.78 is 38.0. The van der Waals surface area contributed by atoms with Crippen LogP contribution in [0.25, 0.3) is 0 Å². The quantitative estimate of drug-likeness (QED) is 0.206. The molecule has 0 aliphatic heterocycles. The highest BCUT2D eigenvalue weighted by atomic mass is 16.6. The Morgan fingerprint density at radius 3 is 1.39 bits per heavy atom. The van der Waals surface area contributed by atoms with E-state index in [1.807, 2.05) is 20.8 Å². The largest absolute Gasteiger partial charge is 0.444 e. The van der Waals surface area contributed by atoms with Crippen LogP contribution in [-0.2, 0) is 33.2 Å². The molecule has 0 aromatic rings. The van der Waals surface area contributed by atoms with E-state index in [1.165, 1.54) is 24.2 Å². The molecule has 0 radical (unpaired) electrons. The first-order valence-corrected chi connectivity index (χ1v) is 12.3. The summed E-state index contributed by atoms with van der Waals surface area (Å²) in [6.45, 7) is 14.8. The molecule has 0 spiro atoms. The predicted molar refractivity (Wildman–Crippen MR) is 128 cm³/mol. The molecule has 0 atom stereocenters. The second-order valence-corrected chi connectivity index (χ2v) is 8.64. The minimum Gasteiger partial charge on any atom is -0.444 e. The number of unbranched alkanes of at least 4 members (excludes halogenated alkanes) is 3. The third-order valence-electron chi connectivity index (χ3n) is 4.28. The first-order chi connectivity index (χ1) is 15.9. The second-order valence-electron chi connectivity index (χ2n) is 8.64. The Bertz CT molecular complexity index is 431. The van der Waals surface area contributed by atoms with E-state index >= 15 is 0 Å². The molecule has 198 valence electrons. The Kier molecular flexibility index (Phi) is 22.1. The third-order valence-corrected chi connectivity index (χ3v) is 4.28. The van der Waals surface area contributed by atoms with Crippen LogP contribution < -0.4 is 0 Å². The summed E-state index contributed by atoms with van der Waals surface area (Å²) in [6.07, 6.45) is 4.54. The lowest BCUT2D eigenvalue weighted by Gasteiger charge is -2.24. The molecule has 9 heteroatoms. The van der Waals surface area contributed by atoms with Gasteiger partial charge in [0.15, 0.2) is 0 Å². The van der Waals surface area contributed by atoms with Crippen LogP contribution in [0.15, 0.2) is 0 Å². The smallest absolute Gasteiger partial charge is 0.410 e. The topological polar surface area (TPSA) is 84.9 Å². The average Bonchev–Trinajstić information content (AvgIpc) is 2.76. The number of rotatable bonds is 23. The molecule has 9 nitrogen and oxygen atoms in total. The number of carbonyl (C=O) groups is 1. The second kappa shape index (κ2) is 22.8. The van der Waals surface area contributed by atoms with Gasteiger partial charge in [-0.25, -0.2) is 4.79 Å². The van der Waals surface area contributed by atoms with Crippen LogP contribution in [0.5, 0.6) is 0 Å². The summed E-state index contributed by atoms with van der Waals surface area (Å²) >= 11 is 0. The fourth-order valence-electron chi connectivity index (χ4n) is 2.47. The maximum atomic E-state index is 11.8. The zero-order valence-corrected chi connectivity index (χ0v) is 21.7. The van der Waals surface area contributed by atoms with Gasteiger partial charge in [0.25, 0.3) is 0 Å². The van der Waals surface area contributed by atoms with Crippen LogP contribution in [0.3, 0.4) is 0 Å². The Labute approximate surface area is 201 Å². The summed E-state index contributed by atoms with van der Waals surface area (Å²) in [4.78, 5) is 13.3. The van der Waals surface area contributed by atoms with Gasteiger partial charge < -0.3 is 38.1 Å². The lowest BCUT2D eigenvalue weighted by molar-refractivity contribution is -0.0180. The third kappa shape index (κ3) is 25.5. The zero-order valence-electron chi connectivity index (χ0n) is 21.7. The van der Waals surface area contributed by atoms with Crippen molar-refractivity contribution in [3.8, 4) is 0 Å². The van der Waals surface area contributed by atoms with Gasteiger partial charge in [-0.2, -0.15) is 0 Å². The Hall–Kier alpha value is -0.970. The number of amides is 1. The van der Waals surface area contributed by atoms with Crippen LogP contribution in [0.4, 0.5) is 4.79 Å². The molecule has 0 saturated carbocycles. The monoisotopic (exact) mass is 479 g/mol. The van der Waals surface area contributed by atoms with Gasteiger partial charge in [0.05, 0.1) is 72.7 Å². The summed E-state index contributed by atoms with van der Waals surface area (Å²) in [5, 5.41) is 0. The maximum Gasteiger partial charge on any atom is 0.410 e. The van der Waals surface area contributed by atoms with Gasteiger partial charge in [0, 0.05) is 20.2 Å². The fourth-order valence-corrected chi connectivity index (χ4v) is 2.47. The van der Waals surface area contributed by atoms with E-state index in [9.17, 15) is 4.79 Å². The molecule has 1 amide bonds. The van der Waals surface area contributed by atoms with E-state index in [0.29, 0.717) is 79.2 Å². The molecule has 0 aromatic heterocycles. The highest BCUT2D eigenvalue weighted by Crippen LogP contribution is 2.08. The lowest BCUT2D eigenvalue weighted by Crippen LogP contribution is -2.36. The van der Waals surface area contributed by atoms with Crippen molar-refractivity contribution < 1.29 is 38.0 Å². The van der Waals surface area contributed by atoms with Gasteiger partial charge in [-0.05, 0) is 27.2 Å². The van der Waals surface area contributed by atoms with Crippen molar-refractivity contribution in [1.82, 2.24) is 4.90 Å². The SMILES string of the molecule is CCCCCCOCCOCCOCCOCCOCCOCCN(C)C(=O)OC(C)(C)C. The van der Waals surface area contributed by atoms with Crippen molar-refractivity contribution in [3.63, 3.8) is 0 Å². The van der Waals surface area contributed by atoms with E-state index < -0.39 is 5.60 Å². The van der Waals surface area contributed by atoms with Crippen LogP contribution in [-0.4, -0.2) is 109 Å². The van der Waals surface area contributed by atoms with E-state index in [2.05, 4.69) is 6.92 Å². The zero-order chi connectivity index (χ0) is 24.6. The van der Waals surface area contributed by atoms with Crippen molar-refractivity contribution in [2.24, 2.45) is 0 Å². The molecule has 0 fully saturated rings. The first kappa shape index (κ1) is 32.0. The minimum absolute atomic E-state index is 0.353. The van der Waals surface area contributed by atoms with E-state index in [1.54, 1.807) is 7.05 Å². The number of ether oxygens (including phenoxy) is 7. The molecular weight excluding hydrogens is 430 g/mol. The van der Waals surface area contributed by atoms with Gasteiger partial charge in [0.2, 0.25) is 0 Å². The average molecular weight is 480 g/mol. The van der Waals surface area contributed by atoms with Gasteiger partial charge in [0.1, 0.15) is 5.60 Å². The van der Waals surface area contributed by atoms with Crippen molar-refractivity contribution in [2.75, 3.05) is 92.9 Å². The van der Waals surface area contributed by atoms with E-state index in [4.69, 9.17) is 33.2 Å². The van der Waals surface area contributed by atoms with Crippen molar-refractivity contribution in [3.05, 3.63) is 0 Å². The fraction of sp³-hybridized carbons (Fsp3) is 0.958. The lowest BCUT2D eigenvalue weighted by atomic mass is 10.2. The number of carbonyl (C=O) groups excluding carboxylic acids is 1. The molecule has 33 heavy (non-hydrogen) atoms. The van der Waals surface area contributed by atoms with Crippen LogP contribution in [0.1, 0.15) is 53.4 Å². The summed E-state index contributed by atoms with van der Waals surface area (Å²) in [6, 6.07) is 0. The molecule has 0 bridgehead atoms. The summed E-state index contributed by atoms with van der Waals surface area (Å²) in [5.74, 6) is 0. The van der Waals surface area contributed by atoms with Gasteiger partial charge >= 0.3 is 6.09 Å². The van der Waals surface area contributed by atoms with E-state index in [0.717, 1.165) is 13.0 Å². The Morgan fingerprint density at radius 1 is 0.606 bits per heavy atom. The molecule has 0 aliphatic rings. The molecule has 0 N–H and O–H groups in total. The van der Waals surface area contributed by atoms with Crippen LogP contribution in [0, 0.1) is 0 Å². The number of nitrogens with zero attached hydrogens (tertiary/aromatic N) is 1. The minimum atomic E-state index is -0.495. The normalized spacial score (nSPS) is 11.7. The number of hydrogen-bond donors (Lipinski definition) is 0. The van der Waals surface area contributed by atoms with Crippen LogP contribution in [0.2, 0.25) is 0 Å². The Balaban J connectivity index is 3.19. The molecule has 0 unspecified atom stereocenters. The standard InChI is InChI=1S/C24H49NO8/c1-6-7-8-9-11-27-13-15-29-17-19-31-21-22-32-20-18-30-16-14-28-12-10-25(5)23(26)33-24(2,3)4/h6-22H2,1-5H3. The van der Waals surface area contributed by atoms with Gasteiger partial charge in [-0.1, -0.05) is 26.2 Å². The highest BCUT2D eigenvalue weighted by Gasteiger charge is 2.19. The molecule has 0 saturated heterocycles. The summed E-state index contributed by atoms with van der Waals surface area (Å²) in [7, 11) is 1.69. The van der Waals surface area contributed by atoms with Crippen molar-refractivity contribution in [2.45, 2.75) is 59.0 Å².